The summed E-state index contributed by atoms with van der Waals surface area (Å²) in [6.45, 7) is 11.3. The summed E-state index contributed by atoms with van der Waals surface area (Å²) in [5.74, 6) is 0.912. The molecule has 5 rings (SSSR count). The predicted molar refractivity (Wildman–Crippen MR) is 126 cm³/mol. The minimum absolute atomic E-state index is 0.000743. The molecule has 168 valence electrons. The quantitative estimate of drug-likeness (QED) is 0.442. The number of piperazine rings is 1. The number of anilines is 1. The lowest BCUT2D eigenvalue weighted by Gasteiger charge is -2.50. The van der Waals surface area contributed by atoms with Crippen LogP contribution in [0.3, 0.4) is 0 Å². The SMILES string of the molecule is C=C1CCC[C@]2(C)C[C@H]3OC(=O)[C@H](CN4CCN(c5ccc(Cl)c(Cl)c5)CC4)[C@@H]3C[C@@H]12. The van der Waals surface area contributed by atoms with Crippen LogP contribution in [0.25, 0.3) is 0 Å². The van der Waals surface area contributed by atoms with Crippen molar-refractivity contribution in [3.8, 4) is 0 Å². The Balaban J connectivity index is 1.22. The van der Waals surface area contributed by atoms with Gasteiger partial charge in [0.15, 0.2) is 0 Å². The third kappa shape index (κ3) is 4.00. The van der Waals surface area contributed by atoms with E-state index in [1.54, 1.807) is 0 Å². The molecule has 1 aromatic carbocycles. The third-order valence-electron chi connectivity index (χ3n) is 8.42. The lowest BCUT2D eigenvalue weighted by molar-refractivity contribution is -0.146. The Kier molecular flexibility index (Phi) is 5.77. The van der Waals surface area contributed by atoms with Gasteiger partial charge < -0.3 is 9.64 Å². The number of allylic oxidation sites excluding steroid dienone is 1. The van der Waals surface area contributed by atoms with Gasteiger partial charge in [-0.15, -0.1) is 0 Å². The molecule has 0 spiro atoms. The highest BCUT2D eigenvalue weighted by molar-refractivity contribution is 6.42. The van der Waals surface area contributed by atoms with Crippen molar-refractivity contribution in [2.75, 3.05) is 37.6 Å². The summed E-state index contributed by atoms with van der Waals surface area (Å²) in [6, 6.07) is 5.82. The molecule has 2 heterocycles. The first-order valence-electron chi connectivity index (χ1n) is 11.6. The first kappa shape index (κ1) is 21.6. The topological polar surface area (TPSA) is 32.8 Å². The number of hydrogen-bond donors (Lipinski definition) is 0. The van der Waals surface area contributed by atoms with E-state index in [0.29, 0.717) is 21.9 Å². The van der Waals surface area contributed by atoms with E-state index in [1.165, 1.54) is 18.4 Å². The van der Waals surface area contributed by atoms with E-state index >= 15 is 0 Å². The van der Waals surface area contributed by atoms with Gasteiger partial charge in [-0.25, -0.2) is 0 Å². The summed E-state index contributed by atoms with van der Waals surface area (Å²) in [6.07, 6.45) is 5.78. The van der Waals surface area contributed by atoms with Crippen LogP contribution in [0.5, 0.6) is 0 Å². The average molecular weight is 463 g/mol. The van der Waals surface area contributed by atoms with Gasteiger partial charge in [0, 0.05) is 44.3 Å². The highest BCUT2D eigenvalue weighted by Crippen LogP contribution is 2.56. The van der Waals surface area contributed by atoms with Crippen molar-refractivity contribution in [1.82, 2.24) is 4.90 Å². The monoisotopic (exact) mass is 462 g/mol. The standard InChI is InChI=1S/C25H32Cl2N2O2/c1-16-4-3-7-25(2)14-23-18(13-20(16)25)19(24(30)31-23)15-28-8-10-29(11-9-28)17-5-6-21(26)22(27)12-17/h5-6,12,18-20,23H,1,3-4,7-11,13-15H2,2H3/t18-,19+,20-,23+,25+/m0/s1. The molecule has 0 radical (unpaired) electrons. The molecular weight excluding hydrogens is 431 g/mol. The fourth-order valence-corrected chi connectivity index (χ4v) is 6.91. The van der Waals surface area contributed by atoms with Crippen LogP contribution in [-0.4, -0.2) is 49.7 Å². The van der Waals surface area contributed by atoms with Crippen molar-refractivity contribution in [3.63, 3.8) is 0 Å². The van der Waals surface area contributed by atoms with Gasteiger partial charge in [-0.05, 0) is 61.6 Å². The van der Waals surface area contributed by atoms with Crippen LogP contribution in [-0.2, 0) is 9.53 Å². The number of benzene rings is 1. The van der Waals surface area contributed by atoms with E-state index in [1.807, 2.05) is 18.2 Å². The van der Waals surface area contributed by atoms with Crippen LogP contribution in [0.15, 0.2) is 30.4 Å². The van der Waals surface area contributed by atoms with Gasteiger partial charge in [-0.3, -0.25) is 9.69 Å². The minimum Gasteiger partial charge on any atom is -0.462 e. The van der Waals surface area contributed by atoms with Gasteiger partial charge in [-0.2, -0.15) is 0 Å². The Morgan fingerprint density at radius 1 is 1.19 bits per heavy atom. The van der Waals surface area contributed by atoms with Crippen LogP contribution < -0.4 is 4.90 Å². The molecule has 2 aliphatic heterocycles. The molecule has 0 aromatic heterocycles. The van der Waals surface area contributed by atoms with Crippen molar-refractivity contribution in [3.05, 3.63) is 40.4 Å². The second-order valence-corrected chi connectivity index (χ2v) is 11.1. The number of halogens is 2. The summed E-state index contributed by atoms with van der Waals surface area (Å²) in [7, 11) is 0. The van der Waals surface area contributed by atoms with E-state index in [-0.39, 0.29) is 23.4 Å². The maximum absolute atomic E-state index is 12.9. The number of nitrogens with zero attached hydrogens (tertiary/aromatic N) is 2. The van der Waals surface area contributed by atoms with Crippen molar-refractivity contribution in [2.24, 2.45) is 23.2 Å². The Morgan fingerprint density at radius 2 is 1.97 bits per heavy atom. The van der Waals surface area contributed by atoms with Gasteiger partial charge in [-0.1, -0.05) is 42.3 Å². The maximum atomic E-state index is 12.9. The Morgan fingerprint density at radius 3 is 2.71 bits per heavy atom. The largest absolute Gasteiger partial charge is 0.462 e. The van der Waals surface area contributed by atoms with Crippen molar-refractivity contribution in [2.45, 2.75) is 45.1 Å². The number of esters is 1. The van der Waals surface area contributed by atoms with Crippen molar-refractivity contribution in [1.29, 1.82) is 0 Å². The molecule has 0 unspecified atom stereocenters. The van der Waals surface area contributed by atoms with Gasteiger partial charge >= 0.3 is 5.97 Å². The molecule has 0 amide bonds. The predicted octanol–water partition coefficient (Wildman–Crippen LogP) is 5.43. The minimum atomic E-state index is 0.000743. The zero-order chi connectivity index (χ0) is 21.8. The number of hydrogen-bond acceptors (Lipinski definition) is 4. The van der Waals surface area contributed by atoms with Crippen LogP contribution in [0.1, 0.15) is 39.0 Å². The molecule has 0 N–H and O–H groups in total. The molecule has 2 aliphatic carbocycles. The number of fused-ring (bicyclic) bond motifs is 2. The van der Waals surface area contributed by atoms with Crippen LogP contribution >= 0.6 is 23.2 Å². The van der Waals surface area contributed by atoms with Crippen molar-refractivity contribution < 1.29 is 9.53 Å². The summed E-state index contributed by atoms with van der Waals surface area (Å²) in [5, 5.41) is 1.18. The molecule has 5 atom stereocenters. The summed E-state index contributed by atoms with van der Waals surface area (Å²) in [4.78, 5) is 17.6. The molecule has 4 aliphatic rings. The summed E-state index contributed by atoms with van der Waals surface area (Å²) in [5.41, 5.74) is 2.77. The van der Waals surface area contributed by atoms with Crippen LogP contribution in [0, 0.1) is 23.2 Å². The van der Waals surface area contributed by atoms with E-state index in [4.69, 9.17) is 27.9 Å². The van der Waals surface area contributed by atoms with E-state index in [2.05, 4.69) is 23.3 Å². The molecule has 6 heteroatoms. The Hall–Kier alpha value is -1.23. The van der Waals surface area contributed by atoms with E-state index in [0.717, 1.165) is 57.7 Å². The zero-order valence-electron chi connectivity index (χ0n) is 18.3. The van der Waals surface area contributed by atoms with Crippen LogP contribution in [0.2, 0.25) is 10.0 Å². The zero-order valence-corrected chi connectivity index (χ0v) is 19.8. The highest BCUT2D eigenvalue weighted by atomic mass is 35.5. The van der Waals surface area contributed by atoms with Gasteiger partial charge in [0.05, 0.1) is 16.0 Å². The number of carbonyl (C=O) groups is 1. The van der Waals surface area contributed by atoms with E-state index < -0.39 is 0 Å². The second kappa shape index (κ2) is 8.28. The molecule has 2 saturated heterocycles. The molecule has 2 saturated carbocycles. The van der Waals surface area contributed by atoms with Gasteiger partial charge in [0.1, 0.15) is 6.10 Å². The summed E-state index contributed by atoms with van der Waals surface area (Å²) >= 11 is 12.3. The summed E-state index contributed by atoms with van der Waals surface area (Å²) < 4.78 is 5.95. The maximum Gasteiger partial charge on any atom is 0.310 e. The van der Waals surface area contributed by atoms with Gasteiger partial charge in [0.2, 0.25) is 0 Å². The highest BCUT2D eigenvalue weighted by Gasteiger charge is 2.55. The molecule has 4 nitrogen and oxygen atoms in total. The molecule has 0 bridgehead atoms. The van der Waals surface area contributed by atoms with Gasteiger partial charge in [0.25, 0.3) is 0 Å². The first-order chi connectivity index (χ1) is 14.8. The lowest BCUT2D eigenvalue weighted by Crippen LogP contribution is -2.50. The normalized spacial score (nSPS) is 36.2. The first-order valence-corrected chi connectivity index (χ1v) is 12.4. The Bertz CT molecular complexity index is 882. The fourth-order valence-electron chi connectivity index (χ4n) is 6.61. The molecule has 1 aromatic rings. The number of carbonyl (C=O) groups excluding carboxylic acids is 1. The van der Waals surface area contributed by atoms with Crippen molar-refractivity contribution >= 4 is 34.9 Å². The average Bonchev–Trinajstić information content (AvgIpc) is 3.03. The molecular formula is C25H32Cl2N2O2. The smallest absolute Gasteiger partial charge is 0.310 e. The number of rotatable bonds is 3. The second-order valence-electron chi connectivity index (χ2n) is 10.3. The molecule has 4 fully saturated rings. The molecule has 31 heavy (non-hydrogen) atoms. The Labute approximate surface area is 195 Å². The third-order valence-corrected chi connectivity index (χ3v) is 9.15. The van der Waals surface area contributed by atoms with Crippen LogP contribution in [0.4, 0.5) is 5.69 Å². The fraction of sp³-hybridized carbons (Fsp3) is 0.640. The lowest BCUT2D eigenvalue weighted by atomic mass is 9.55. The number of ether oxygens (including phenoxy) is 1. The van der Waals surface area contributed by atoms with E-state index in [9.17, 15) is 4.79 Å².